The average Bonchev–Trinajstić information content (AvgIpc) is 2.57. The monoisotopic (exact) mass is 398 g/mol. The van der Waals surface area contributed by atoms with E-state index in [0.29, 0.717) is 22.8 Å². The highest BCUT2D eigenvalue weighted by molar-refractivity contribution is 9.10. The quantitative estimate of drug-likeness (QED) is 0.646. The van der Waals surface area contributed by atoms with E-state index in [1.54, 1.807) is 19.1 Å². The Morgan fingerprint density at radius 3 is 2.04 bits per heavy atom. The summed E-state index contributed by atoms with van der Waals surface area (Å²) in [6, 6.07) is 7.56. The summed E-state index contributed by atoms with van der Waals surface area (Å²) >= 11 is 3.36. The van der Waals surface area contributed by atoms with Crippen LogP contribution in [0.2, 0.25) is 0 Å². The van der Waals surface area contributed by atoms with Crippen LogP contribution in [0, 0.1) is 0 Å². The van der Waals surface area contributed by atoms with Crippen molar-refractivity contribution in [3.05, 3.63) is 40.4 Å². The van der Waals surface area contributed by atoms with E-state index < -0.39 is 12.2 Å². The summed E-state index contributed by atoms with van der Waals surface area (Å²) < 4.78 is 17.2. The third-order valence-corrected chi connectivity index (χ3v) is 3.97. The van der Waals surface area contributed by atoms with Gasteiger partial charge < -0.3 is 29.5 Å². The zero-order valence-electron chi connectivity index (χ0n) is 13.5. The molecule has 0 radical (unpaired) electrons. The fourth-order valence-electron chi connectivity index (χ4n) is 2.21. The number of hydrogen-bond donors (Lipinski definition) is 3. The standard InChI is InChI=1S/C17H19BrO6/c1-9(16(21)10-4-5-12(19)13(20)6-10)24-17-14(22-2)7-11(18)8-15(17)23-3/h4-9,16,19-21H,1-3H3/t9?,16-/m1/s1. The van der Waals surface area contributed by atoms with Gasteiger partial charge in [-0.2, -0.15) is 0 Å². The van der Waals surface area contributed by atoms with Crippen molar-refractivity contribution in [2.24, 2.45) is 0 Å². The zero-order chi connectivity index (χ0) is 17.9. The third kappa shape index (κ3) is 3.85. The highest BCUT2D eigenvalue weighted by atomic mass is 79.9. The van der Waals surface area contributed by atoms with Crippen molar-refractivity contribution in [3.8, 4) is 28.7 Å². The van der Waals surface area contributed by atoms with E-state index >= 15 is 0 Å². The molecular weight excluding hydrogens is 380 g/mol. The zero-order valence-corrected chi connectivity index (χ0v) is 15.1. The summed E-state index contributed by atoms with van der Waals surface area (Å²) in [6.07, 6.45) is -1.70. The number of methoxy groups -OCH3 is 2. The maximum atomic E-state index is 10.4. The maximum Gasteiger partial charge on any atom is 0.203 e. The van der Waals surface area contributed by atoms with Gasteiger partial charge >= 0.3 is 0 Å². The Morgan fingerprint density at radius 1 is 0.958 bits per heavy atom. The van der Waals surface area contributed by atoms with Gasteiger partial charge in [-0.3, -0.25) is 0 Å². The van der Waals surface area contributed by atoms with Crippen LogP contribution < -0.4 is 14.2 Å². The molecule has 2 rings (SSSR count). The lowest BCUT2D eigenvalue weighted by Gasteiger charge is -2.23. The summed E-state index contributed by atoms with van der Waals surface area (Å²) in [5, 5.41) is 29.4. The Labute approximate surface area is 148 Å². The first-order valence-corrected chi connectivity index (χ1v) is 7.94. The van der Waals surface area contributed by atoms with Crippen molar-refractivity contribution in [1.82, 2.24) is 0 Å². The number of ether oxygens (including phenoxy) is 3. The van der Waals surface area contributed by atoms with Crippen molar-refractivity contribution in [2.75, 3.05) is 14.2 Å². The molecule has 0 amide bonds. The second-order valence-corrected chi connectivity index (χ2v) is 6.07. The molecule has 1 unspecified atom stereocenters. The van der Waals surface area contributed by atoms with E-state index in [4.69, 9.17) is 14.2 Å². The molecular formula is C17H19BrO6. The van der Waals surface area contributed by atoms with Gasteiger partial charge in [0, 0.05) is 4.47 Å². The van der Waals surface area contributed by atoms with Crippen LogP contribution in [0.15, 0.2) is 34.8 Å². The molecule has 0 saturated heterocycles. The van der Waals surface area contributed by atoms with E-state index in [1.165, 1.54) is 32.4 Å². The van der Waals surface area contributed by atoms with Crippen molar-refractivity contribution < 1.29 is 29.5 Å². The van der Waals surface area contributed by atoms with Crippen LogP contribution in [0.1, 0.15) is 18.6 Å². The number of benzene rings is 2. The molecule has 24 heavy (non-hydrogen) atoms. The van der Waals surface area contributed by atoms with Crippen LogP contribution in [0.4, 0.5) is 0 Å². The molecule has 0 aliphatic heterocycles. The van der Waals surface area contributed by atoms with Crippen LogP contribution in [0.3, 0.4) is 0 Å². The predicted octanol–water partition coefficient (Wildman–Crippen LogP) is 3.38. The SMILES string of the molecule is COc1cc(Br)cc(OC)c1OC(C)[C@@H](O)c1ccc(O)c(O)c1. The summed E-state index contributed by atoms with van der Waals surface area (Å²) in [4.78, 5) is 0. The topological polar surface area (TPSA) is 88.4 Å². The van der Waals surface area contributed by atoms with E-state index in [2.05, 4.69) is 15.9 Å². The number of rotatable bonds is 6. The second-order valence-electron chi connectivity index (χ2n) is 5.16. The number of phenolic OH excluding ortho intramolecular Hbond substituents is 2. The molecule has 2 atom stereocenters. The van der Waals surface area contributed by atoms with Crippen LogP contribution in [-0.4, -0.2) is 35.6 Å². The number of aliphatic hydroxyl groups excluding tert-OH is 1. The van der Waals surface area contributed by atoms with Gasteiger partial charge in [0.15, 0.2) is 23.0 Å². The lowest BCUT2D eigenvalue weighted by atomic mass is 10.0. The number of hydrogen-bond acceptors (Lipinski definition) is 6. The number of aromatic hydroxyl groups is 2. The molecule has 130 valence electrons. The van der Waals surface area contributed by atoms with Gasteiger partial charge in [0.25, 0.3) is 0 Å². The van der Waals surface area contributed by atoms with Crippen LogP contribution in [0.5, 0.6) is 28.7 Å². The Balaban J connectivity index is 2.28. The van der Waals surface area contributed by atoms with Gasteiger partial charge in [-0.25, -0.2) is 0 Å². The molecule has 7 heteroatoms. The van der Waals surface area contributed by atoms with Crippen molar-refractivity contribution >= 4 is 15.9 Å². The molecule has 0 spiro atoms. The smallest absolute Gasteiger partial charge is 0.203 e. The molecule has 3 N–H and O–H groups in total. The van der Waals surface area contributed by atoms with E-state index in [9.17, 15) is 15.3 Å². The molecule has 0 bridgehead atoms. The normalized spacial score (nSPS) is 13.2. The Bertz CT molecular complexity index is 693. The minimum absolute atomic E-state index is 0.254. The summed E-state index contributed by atoms with van der Waals surface area (Å²) in [5.74, 6) is 0.703. The molecule has 0 aromatic heterocycles. The van der Waals surface area contributed by atoms with Crippen molar-refractivity contribution in [1.29, 1.82) is 0 Å². The fraction of sp³-hybridized carbons (Fsp3) is 0.294. The number of halogens is 1. The van der Waals surface area contributed by atoms with E-state index in [-0.39, 0.29) is 11.5 Å². The lowest BCUT2D eigenvalue weighted by molar-refractivity contribution is 0.0433. The highest BCUT2D eigenvalue weighted by Crippen LogP contribution is 2.41. The summed E-state index contributed by atoms with van der Waals surface area (Å²) in [6.45, 7) is 1.68. The van der Waals surface area contributed by atoms with Crippen molar-refractivity contribution in [2.45, 2.75) is 19.1 Å². The molecule has 0 fully saturated rings. The first-order chi connectivity index (χ1) is 11.4. The second kappa shape index (κ2) is 7.63. The third-order valence-electron chi connectivity index (χ3n) is 3.51. The number of phenols is 2. The minimum atomic E-state index is -1.03. The molecule has 0 heterocycles. The minimum Gasteiger partial charge on any atom is -0.504 e. The van der Waals surface area contributed by atoms with Gasteiger partial charge in [-0.05, 0) is 36.8 Å². The first kappa shape index (κ1) is 18.2. The van der Waals surface area contributed by atoms with Gasteiger partial charge in [-0.15, -0.1) is 0 Å². The van der Waals surface area contributed by atoms with Gasteiger partial charge in [0.2, 0.25) is 5.75 Å². The van der Waals surface area contributed by atoms with Crippen LogP contribution in [0.25, 0.3) is 0 Å². The molecule has 2 aromatic carbocycles. The fourth-order valence-corrected chi connectivity index (χ4v) is 2.63. The molecule has 0 aliphatic carbocycles. The lowest BCUT2D eigenvalue weighted by Crippen LogP contribution is -2.22. The van der Waals surface area contributed by atoms with Gasteiger partial charge in [0.05, 0.1) is 14.2 Å². The van der Waals surface area contributed by atoms with Crippen molar-refractivity contribution in [3.63, 3.8) is 0 Å². The summed E-state index contributed by atoms with van der Waals surface area (Å²) in [5.41, 5.74) is 0.410. The Hall–Kier alpha value is -2.12. The average molecular weight is 399 g/mol. The predicted molar refractivity (Wildman–Crippen MR) is 92.1 cm³/mol. The van der Waals surface area contributed by atoms with Crippen LogP contribution >= 0.6 is 15.9 Å². The Morgan fingerprint density at radius 2 is 1.54 bits per heavy atom. The highest BCUT2D eigenvalue weighted by Gasteiger charge is 2.23. The van der Waals surface area contributed by atoms with E-state index in [1.807, 2.05) is 0 Å². The van der Waals surface area contributed by atoms with Gasteiger partial charge in [0.1, 0.15) is 12.2 Å². The summed E-state index contributed by atoms with van der Waals surface area (Å²) in [7, 11) is 3.01. The van der Waals surface area contributed by atoms with Crippen LogP contribution in [-0.2, 0) is 0 Å². The maximum absolute atomic E-state index is 10.4. The number of aliphatic hydroxyl groups is 1. The first-order valence-electron chi connectivity index (χ1n) is 7.15. The largest absolute Gasteiger partial charge is 0.504 e. The van der Waals surface area contributed by atoms with E-state index in [0.717, 1.165) is 4.47 Å². The van der Waals surface area contributed by atoms with Gasteiger partial charge in [-0.1, -0.05) is 22.0 Å². The molecule has 2 aromatic rings. The Kier molecular flexibility index (Phi) is 5.80. The molecule has 6 nitrogen and oxygen atoms in total. The molecule has 0 aliphatic rings. The molecule has 0 saturated carbocycles.